The minimum Gasteiger partial charge on any atom is -0.497 e. The lowest BCUT2D eigenvalue weighted by molar-refractivity contribution is 0.0987. The van der Waals surface area contributed by atoms with Crippen LogP contribution in [0.4, 0.5) is 9.52 Å². The monoisotopic (exact) mass is 483 g/mol. The summed E-state index contributed by atoms with van der Waals surface area (Å²) in [6.45, 7) is 0. The number of ether oxygens (including phenoxy) is 1. The second kappa shape index (κ2) is 8.73. The highest BCUT2D eigenvalue weighted by Gasteiger charge is 2.21. The van der Waals surface area contributed by atoms with E-state index in [0.29, 0.717) is 16.4 Å². The lowest BCUT2D eigenvalue weighted by Gasteiger charge is -2.13. The second-order valence-corrected chi connectivity index (χ2v) is 8.18. The van der Waals surface area contributed by atoms with Crippen LogP contribution in [0.2, 0.25) is 0 Å². The molecule has 0 aliphatic rings. The zero-order valence-corrected chi connectivity index (χ0v) is 18.2. The molecule has 0 spiro atoms. The maximum absolute atomic E-state index is 13.7. The van der Waals surface area contributed by atoms with Crippen molar-refractivity contribution in [1.82, 2.24) is 4.98 Å². The molecule has 0 atom stereocenters. The van der Waals surface area contributed by atoms with Crippen LogP contribution in [0.3, 0.4) is 0 Å². The standard InChI is InChI=1S/C22H15BrFN3O2S/c1-29-18-9-10-19-20(12-18)30-22(26-19)27(21(28)15-3-2-4-17(24)11-15)25-13-14-5-7-16(23)8-6-14/h2-13H,1H3/b25-13+. The first-order chi connectivity index (χ1) is 14.5. The molecule has 5 nitrogen and oxygen atoms in total. The molecule has 0 aliphatic heterocycles. The fraction of sp³-hybridized carbons (Fsp3) is 0.0455. The Morgan fingerprint density at radius 2 is 1.97 bits per heavy atom. The number of hydrogen-bond acceptors (Lipinski definition) is 5. The molecule has 0 saturated carbocycles. The summed E-state index contributed by atoms with van der Waals surface area (Å²) in [5.41, 5.74) is 1.70. The van der Waals surface area contributed by atoms with Crippen LogP contribution in [0.25, 0.3) is 10.2 Å². The summed E-state index contributed by atoms with van der Waals surface area (Å²) in [7, 11) is 1.59. The van der Waals surface area contributed by atoms with Crippen molar-refractivity contribution in [2.45, 2.75) is 0 Å². The number of methoxy groups -OCH3 is 1. The molecule has 1 aromatic heterocycles. The Bertz CT molecular complexity index is 1240. The maximum atomic E-state index is 13.7. The van der Waals surface area contributed by atoms with Crippen molar-refractivity contribution in [3.63, 3.8) is 0 Å². The van der Waals surface area contributed by atoms with E-state index in [2.05, 4.69) is 26.0 Å². The number of carbonyl (C=O) groups excluding carboxylic acids is 1. The fourth-order valence-electron chi connectivity index (χ4n) is 2.72. The number of amides is 1. The number of aromatic nitrogens is 1. The van der Waals surface area contributed by atoms with Crippen molar-refractivity contribution in [2.24, 2.45) is 5.10 Å². The van der Waals surface area contributed by atoms with Gasteiger partial charge in [0.15, 0.2) is 0 Å². The summed E-state index contributed by atoms with van der Waals surface area (Å²) in [4.78, 5) is 17.7. The third-order valence-electron chi connectivity index (χ3n) is 4.22. The molecule has 0 fully saturated rings. The number of fused-ring (bicyclic) bond motifs is 1. The molecular formula is C22H15BrFN3O2S. The lowest BCUT2D eigenvalue weighted by atomic mass is 10.2. The minimum absolute atomic E-state index is 0.180. The third kappa shape index (κ3) is 4.39. The summed E-state index contributed by atoms with van der Waals surface area (Å²) < 4.78 is 20.7. The molecule has 4 aromatic rings. The van der Waals surface area contributed by atoms with Gasteiger partial charge in [-0.2, -0.15) is 10.1 Å². The van der Waals surface area contributed by atoms with Crippen LogP contribution in [-0.4, -0.2) is 24.2 Å². The van der Waals surface area contributed by atoms with Crippen LogP contribution in [0, 0.1) is 5.82 Å². The molecule has 1 heterocycles. The molecule has 30 heavy (non-hydrogen) atoms. The van der Waals surface area contributed by atoms with E-state index in [-0.39, 0.29) is 5.56 Å². The van der Waals surface area contributed by atoms with E-state index >= 15 is 0 Å². The summed E-state index contributed by atoms with van der Waals surface area (Å²) in [5.74, 6) is -0.278. The molecule has 150 valence electrons. The molecule has 0 unspecified atom stereocenters. The highest BCUT2D eigenvalue weighted by Crippen LogP contribution is 2.32. The molecule has 0 aliphatic carbocycles. The Morgan fingerprint density at radius 3 is 2.70 bits per heavy atom. The van der Waals surface area contributed by atoms with Crippen LogP contribution in [0.15, 0.2) is 76.3 Å². The van der Waals surface area contributed by atoms with Crippen molar-refractivity contribution in [3.8, 4) is 5.75 Å². The van der Waals surface area contributed by atoms with E-state index in [1.54, 1.807) is 25.5 Å². The van der Waals surface area contributed by atoms with E-state index in [1.165, 1.54) is 34.5 Å². The Balaban J connectivity index is 1.76. The average Bonchev–Trinajstić information content (AvgIpc) is 3.17. The first kappa shape index (κ1) is 20.2. The zero-order valence-electron chi connectivity index (χ0n) is 15.8. The molecule has 3 aromatic carbocycles. The van der Waals surface area contributed by atoms with Gasteiger partial charge in [0.25, 0.3) is 5.91 Å². The Hall–Kier alpha value is -3.10. The topological polar surface area (TPSA) is 54.8 Å². The number of hydrogen-bond donors (Lipinski definition) is 0. The Morgan fingerprint density at radius 1 is 1.17 bits per heavy atom. The number of nitrogens with zero attached hydrogens (tertiary/aromatic N) is 3. The Kier molecular flexibility index (Phi) is 5.87. The number of carbonyl (C=O) groups is 1. The minimum atomic E-state index is -0.494. The number of benzene rings is 3. The van der Waals surface area contributed by atoms with Gasteiger partial charge >= 0.3 is 0 Å². The molecule has 0 saturated heterocycles. The zero-order chi connectivity index (χ0) is 21.1. The number of thiazole rings is 1. The van der Waals surface area contributed by atoms with Crippen molar-refractivity contribution >= 4 is 54.7 Å². The van der Waals surface area contributed by atoms with Gasteiger partial charge in [-0.15, -0.1) is 0 Å². The lowest BCUT2D eigenvalue weighted by Crippen LogP contribution is -2.25. The highest BCUT2D eigenvalue weighted by atomic mass is 79.9. The predicted octanol–water partition coefficient (Wildman–Crippen LogP) is 5.89. The average molecular weight is 484 g/mol. The van der Waals surface area contributed by atoms with E-state index in [0.717, 1.165) is 14.7 Å². The molecular weight excluding hydrogens is 469 g/mol. The first-order valence-electron chi connectivity index (χ1n) is 8.87. The quantitative estimate of drug-likeness (QED) is 0.262. The molecule has 0 radical (unpaired) electrons. The maximum Gasteiger partial charge on any atom is 0.280 e. The molecule has 0 bridgehead atoms. The third-order valence-corrected chi connectivity index (χ3v) is 5.74. The first-order valence-corrected chi connectivity index (χ1v) is 10.5. The fourth-order valence-corrected chi connectivity index (χ4v) is 3.93. The van der Waals surface area contributed by atoms with Crippen LogP contribution in [0.5, 0.6) is 5.75 Å². The summed E-state index contributed by atoms with van der Waals surface area (Å²) in [6, 6.07) is 18.5. The summed E-state index contributed by atoms with van der Waals surface area (Å²) in [5, 5.41) is 5.94. The van der Waals surface area contributed by atoms with Crippen molar-refractivity contribution in [3.05, 3.63) is 88.1 Å². The number of rotatable bonds is 5. The van der Waals surface area contributed by atoms with Gasteiger partial charge in [0.1, 0.15) is 11.6 Å². The van der Waals surface area contributed by atoms with Gasteiger partial charge in [0, 0.05) is 10.0 Å². The van der Waals surface area contributed by atoms with Gasteiger partial charge < -0.3 is 4.74 Å². The number of halogens is 2. The van der Waals surface area contributed by atoms with E-state index in [4.69, 9.17) is 4.74 Å². The SMILES string of the molecule is COc1ccc2nc(N(/N=C/c3ccc(Br)cc3)C(=O)c3cccc(F)c3)sc2c1. The van der Waals surface area contributed by atoms with Gasteiger partial charge in [0.05, 0.1) is 23.5 Å². The summed E-state index contributed by atoms with van der Waals surface area (Å²) in [6.07, 6.45) is 1.57. The van der Waals surface area contributed by atoms with Crippen LogP contribution in [-0.2, 0) is 0 Å². The van der Waals surface area contributed by atoms with E-state index in [1.807, 2.05) is 36.4 Å². The summed E-state index contributed by atoms with van der Waals surface area (Å²) >= 11 is 4.69. The van der Waals surface area contributed by atoms with Crippen LogP contribution in [0.1, 0.15) is 15.9 Å². The second-order valence-electron chi connectivity index (χ2n) is 6.25. The smallest absolute Gasteiger partial charge is 0.280 e. The van der Waals surface area contributed by atoms with Crippen molar-refractivity contribution in [2.75, 3.05) is 12.1 Å². The Labute approximate surface area is 184 Å². The van der Waals surface area contributed by atoms with Gasteiger partial charge in [-0.25, -0.2) is 9.37 Å². The van der Waals surface area contributed by atoms with Gasteiger partial charge in [-0.05, 0) is 54.1 Å². The van der Waals surface area contributed by atoms with Crippen LogP contribution >= 0.6 is 27.3 Å². The largest absolute Gasteiger partial charge is 0.497 e. The van der Waals surface area contributed by atoms with E-state index < -0.39 is 11.7 Å². The number of anilines is 1. The number of hydrazone groups is 1. The van der Waals surface area contributed by atoms with E-state index in [9.17, 15) is 9.18 Å². The van der Waals surface area contributed by atoms with Crippen molar-refractivity contribution < 1.29 is 13.9 Å². The predicted molar refractivity (Wildman–Crippen MR) is 121 cm³/mol. The molecule has 8 heteroatoms. The van der Waals surface area contributed by atoms with Gasteiger partial charge in [0.2, 0.25) is 5.13 Å². The molecule has 1 amide bonds. The van der Waals surface area contributed by atoms with Crippen LogP contribution < -0.4 is 9.75 Å². The normalized spacial score (nSPS) is 11.2. The van der Waals surface area contributed by atoms with Gasteiger partial charge in [-0.1, -0.05) is 45.5 Å². The van der Waals surface area contributed by atoms with Crippen molar-refractivity contribution in [1.29, 1.82) is 0 Å². The highest BCUT2D eigenvalue weighted by molar-refractivity contribution is 9.10. The molecule has 4 rings (SSSR count). The van der Waals surface area contributed by atoms with Gasteiger partial charge in [-0.3, -0.25) is 4.79 Å². The molecule has 0 N–H and O–H groups in total.